The summed E-state index contributed by atoms with van der Waals surface area (Å²) < 4.78 is 11.5. The third-order valence-electron chi connectivity index (χ3n) is 8.30. The molecule has 7 rings (SSSR count). The van der Waals surface area contributed by atoms with Crippen molar-refractivity contribution < 1.29 is 14.3 Å². The van der Waals surface area contributed by atoms with Gasteiger partial charge < -0.3 is 9.47 Å². The zero-order valence-electron chi connectivity index (χ0n) is 17.0. The zero-order valence-corrected chi connectivity index (χ0v) is 17.0. The lowest BCUT2D eigenvalue weighted by Gasteiger charge is -2.56. The van der Waals surface area contributed by atoms with E-state index in [1.165, 1.54) is 32.1 Å². The highest BCUT2D eigenvalue weighted by Crippen LogP contribution is 2.59. The Kier molecular flexibility index (Phi) is 4.44. The van der Waals surface area contributed by atoms with Gasteiger partial charge in [-0.05, 0) is 73.7 Å². The summed E-state index contributed by atoms with van der Waals surface area (Å²) in [5, 5.41) is 0. The van der Waals surface area contributed by atoms with Gasteiger partial charge in [-0.25, -0.2) is 4.79 Å². The number of hydrogen-bond acceptors (Lipinski definition) is 3. The summed E-state index contributed by atoms with van der Waals surface area (Å²) in [6, 6.07) is 10.1. The molecule has 154 valence electrons. The second kappa shape index (κ2) is 7.16. The maximum Gasteiger partial charge on any atom is 0.411 e. The maximum absolute atomic E-state index is 12.9. The van der Waals surface area contributed by atoms with Gasteiger partial charge in [-0.1, -0.05) is 42.0 Å². The fraction of sp³-hybridized carbons (Fsp3) is 0.640. The average molecular weight is 394 g/mol. The van der Waals surface area contributed by atoms with Crippen LogP contribution in [-0.2, 0) is 16.1 Å². The van der Waals surface area contributed by atoms with Crippen molar-refractivity contribution in [1.82, 2.24) is 4.90 Å². The molecule has 4 aliphatic carbocycles. The van der Waals surface area contributed by atoms with Crippen molar-refractivity contribution in [3.63, 3.8) is 0 Å². The average Bonchev–Trinajstić information content (AvgIpc) is 2.71. The molecule has 29 heavy (non-hydrogen) atoms. The Labute approximate surface area is 173 Å². The zero-order chi connectivity index (χ0) is 19.4. The van der Waals surface area contributed by atoms with Crippen LogP contribution in [-0.4, -0.2) is 36.3 Å². The van der Waals surface area contributed by atoms with Gasteiger partial charge in [0.25, 0.3) is 0 Å². The summed E-state index contributed by atoms with van der Waals surface area (Å²) in [6.07, 6.45) is 10.5. The molecule has 6 bridgehead atoms. The molecule has 0 spiro atoms. The molecular formula is C25H31NO3. The summed E-state index contributed by atoms with van der Waals surface area (Å²) in [6.45, 7) is 1.58. The van der Waals surface area contributed by atoms with Crippen LogP contribution in [0.3, 0.4) is 0 Å². The van der Waals surface area contributed by atoms with Crippen molar-refractivity contribution in [3.8, 4) is 0 Å². The van der Waals surface area contributed by atoms with Crippen LogP contribution in [0.15, 0.2) is 42.0 Å². The summed E-state index contributed by atoms with van der Waals surface area (Å²) in [5.41, 5.74) is 2.67. The number of benzene rings is 1. The van der Waals surface area contributed by atoms with Gasteiger partial charge in [0, 0.05) is 0 Å². The minimum atomic E-state index is -0.187. The summed E-state index contributed by atoms with van der Waals surface area (Å²) in [7, 11) is 0. The van der Waals surface area contributed by atoms with Crippen molar-refractivity contribution in [1.29, 1.82) is 0 Å². The molecule has 4 heteroatoms. The first-order chi connectivity index (χ1) is 14.2. The van der Waals surface area contributed by atoms with Crippen molar-refractivity contribution in [2.75, 3.05) is 13.2 Å². The Hall–Kier alpha value is -1.81. The number of hydrogen-bond donors (Lipinski definition) is 0. The Morgan fingerprint density at radius 2 is 1.72 bits per heavy atom. The molecule has 4 nitrogen and oxygen atoms in total. The molecule has 6 aliphatic rings. The molecule has 5 fully saturated rings. The van der Waals surface area contributed by atoms with Gasteiger partial charge in [0.15, 0.2) is 0 Å². The van der Waals surface area contributed by atoms with E-state index in [2.05, 4.69) is 6.08 Å². The number of carbonyl (C=O) groups is 1. The Morgan fingerprint density at radius 1 is 1.00 bits per heavy atom. The van der Waals surface area contributed by atoms with Crippen molar-refractivity contribution in [2.45, 2.75) is 57.2 Å². The van der Waals surface area contributed by atoms with E-state index in [0.717, 1.165) is 41.6 Å². The molecule has 2 unspecified atom stereocenters. The monoisotopic (exact) mass is 393 g/mol. The second-order valence-electron chi connectivity index (χ2n) is 10.1. The maximum atomic E-state index is 12.9. The van der Waals surface area contributed by atoms with E-state index in [4.69, 9.17) is 9.47 Å². The minimum Gasteiger partial charge on any atom is -0.445 e. The predicted octanol–water partition coefficient (Wildman–Crippen LogP) is 4.80. The van der Waals surface area contributed by atoms with Gasteiger partial charge in [-0.3, -0.25) is 4.90 Å². The Bertz CT molecular complexity index is 776. The summed E-state index contributed by atoms with van der Waals surface area (Å²) >= 11 is 0. The van der Waals surface area contributed by atoms with E-state index in [1.54, 1.807) is 5.57 Å². The van der Waals surface area contributed by atoms with Crippen LogP contribution in [0.4, 0.5) is 4.79 Å². The van der Waals surface area contributed by atoms with Gasteiger partial charge in [0.1, 0.15) is 6.61 Å². The second-order valence-corrected chi connectivity index (χ2v) is 10.1. The standard InChI is InChI=1S/C25H31NO3/c27-25(29-13-16-4-2-1-3-5-16)26-22-11-21(12-23(26)15-28-14-22)24-19-7-17-6-18(9-19)10-20(24)8-17/h1-5,11,17-20,22-24H,6-10,12-15H2. The van der Waals surface area contributed by atoms with Crippen molar-refractivity contribution in [3.05, 3.63) is 47.5 Å². The fourth-order valence-electron chi connectivity index (χ4n) is 7.49. The van der Waals surface area contributed by atoms with Gasteiger partial charge in [-0.2, -0.15) is 0 Å². The third kappa shape index (κ3) is 3.20. The number of morpholine rings is 1. The number of ether oxygens (including phenoxy) is 2. The largest absolute Gasteiger partial charge is 0.445 e. The highest BCUT2D eigenvalue weighted by molar-refractivity contribution is 5.69. The van der Waals surface area contributed by atoms with Gasteiger partial charge in [-0.15, -0.1) is 0 Å². The molecule has 4 saturated carbocycles. The van der Waals surface area contributed by atoms with Crippen LogP contribution in [0.25, 0.3) is 0 Å². The highest BCUT2D eigenvalue weighted by atomic mass is 16.6. The first kappa shape index (κ1) is 18.0. The van der Waals surface area contributed by atoms with E-state index in [0.29, 0.717) is 19.8 Å². The molecule has 0 radical (unpaired) electrons. The van der Waals surface area contributed by atoms with Gasteiger partial charge in [0.2, 0.25) is 0 Å². The minimum absolute atomic E-state index is 0.0398. The molecule has 2 heterocycles. The van der Waals surface area contributed by atoms with Crippen LogP contribution in [0, 0.1) is 29.6 Å². The molecule has 1 aromatic carbocycles. The number of rotatable bonds is 3. The predicted molar refractivity (Wildman–Crippen MR) is 110 cm³/mol. The van der Waals surface area contributed by atoms with Crippen LogP contribution >= 0.6 is 0 Å². The smallest absolute Gasteiger partial charge is 0.411 e. The quantitative estimate of drug-likeness (QED) is 0.693. The topological polar surface area (TPSA) is 38.8 Å². The van der Waals surface area contributed by atoms with E-state index < -0.39 is 0 Å². The molecule has 1 amide bonds. The van der Waals surface area contributed by atoms with Gasteiger partial charge in [0.05, 0.1) is 25.3 Å². The van der Waals surface area contributed by atoms with Crippen molar-refractivity contribution in [2.24, 2.45) is 29.6 Å². The lowest BCUT2D eigenvalue weighted by Crippen LogP contribution is -2.57. The number of nitrogens with zero attached hydrogens (tertiary/aromatic N) is 1. The normalized spacial score (nSPS) is 39.9. The molecular weight excluding hydrogens is 362 g/mol. The number of carbonyl (C=O) groups excluding carboxylic acids is 1. The molecule has 0 N–H and O–H groups in total. The molecule has 0 aromatic heterocycles. The number of amides is 1. The molecule has 2 atom stereocenters. The van der Waals surface area contributed by atoms with Gasteiger partial charge >= 0.3 is 6.09 Å². The van der Waals surface area contributed by atoms with E-state index in [-0.39, 0.29) is 18.2 Å². The lowest BCUT2D eigenvalue weighted by molar-refractivity contribution is -0.0508. The highest BCUT2D eigenvalue weighted by Gasteiger charge is 2.51. The Morgan fingerprint density at radius 3 is 2.41 bits per heavy atom. The fourth-order valence-corrected chi connectivity index (χ4v) is 7.49. The van der Waals surface area contributed by atoms with Crippen LogP contribution in [0.1, 0.15) is 44.1 Å². The Balaban J connectivity index is 1.19. The van der Waals surface area contributed by atoms with E-state index >= 15 is 0 Å². The summed E-state index contributed by atoms with van der Waals surface area (Å²) in [4.78, 5) is 14.9. The van der Waals surface area contributed by atoms with E-state index in [9.17, 15) is 4.79 Å². The van der Waals surface area contributed by atoms with Crippen LogP contribution in [0.5, 0.6) is 0 Å². The lowest BCUT2D eigenvalue weighted by atomic mass is 9.50. The number of fused-ring (bicyclic) bond motifs is 2. The SMILES string of the molecule is O=C(OCc1ccccc1)N1C2C=C(C3C4CC5CC(C4)CC3C5)CC1COC2. The van der Waals surface area contributed by atoms with Crippen LogP contribution in [0.2, 0.25) is 0 Å². The first-order valence-corrected chi connectivity index (χ1v) is 11.5. The summed E-state index contributed by atoms with van der Waals surface area (Å²) in [5.74, 6) is 4.58. The van der Waals surface area contributed by atoms with E-state index in [1.807, 2.05) is 35.2 Å². The third-order valence-corrected chi connectivity index (χ3v) is 8.30. The van der Waals surface area contributed by atoms with Crippen LogP contribution < -0.4 is 0 Å². The van der Waals surface area contributed by atoms with Crippen molar-refractivity contribution >= 4 is 6.09 Å². The first-order valence-electron chi connectivity index (χ1n) is 11.5. The molecule has 1 saturated heterocycles. The molecule has 2 aliphatic heterocycles. The molecule has 1 aromatic rings.